The lowest BCUT2D eigenvalue weighted by Gasteiger charge is -2.23. The molecular weight excluding hydrogens is 302 g/mol. The number of rotatable bonds is 6. The predicted octanol–water partition coefficient (Wildman–Crippen LogP) is 4.17. The van der Waals surface area contributed by atoms with Crippen LogP contribution in [0.1, 0.15) is 38.3 Å². The molecule has 0 aliphatic heterocycles. The Kier molecular flexibility index (Phi) is 5.58. The second kappa shape index (κ2) is 7.64. The standard InChI is InChI=1S/C19H23N3O2/c1-4-19(2,3)15-7-11-17(12-8-15)24-16-9-5-14(6-10-16)13-21-22-18(20)23/h5-13H,4H2,1-3H3,(H3,20,22,23)/b21-13-. The first-order chi connectivity index (χ1) is 11.4. The van der Waals surface area contributed by atoms with E-state index in [-0.39, 0.29) is 5.41 Å². The molecule has 0 aromatic heterocycles. The lowest BCUT2D eigenvalue weighted by molar-refractivity contribution is 0.249. The summed E-state index contributed by atoms with van der Waals surface area (Å²) in [6.07, 6.45) is 2.59. The fraction of sp³-hybridized carbons (Fsp3) is 0.263. The van der Waals surface area contributed by atoms with E-state index in [0.29, 0.717) is 0 Å². The van der Waals surface area contributed by atoms with Gasteiger partial charge in [-0.3, -0.25) is 0 Å². The van der Waals surface area contributed by atoms with Crippen molar-refractivity contribution in [2.24, 2.45) is 10.8 Å². The van der Waals surface area contributed by atoms with E-state index < -0.39 is 6.03 Å². The Morgan fingerprint density at radius 1 is 1.12 bits per heavy atom. The van der Waals surface area contributed by atoms with Crippen LogP contribution in [-0.2, 0) is 5.41 Å². The van der Waals surface area contributed by atoms with Crippen molar-refractivity contribution in [2.45, 2.75) is 32.6 Å². The molecule has 5 nitrogen and oxygen atoms in total. The third-order valence-corrected chi connectivity index (χ3v) is 4.02. The monoisotopic (exact) mass is 325 g/mol. The van der Waals surface area contributed by atoms with Crippen molar-refractivity contribution in [2.75, 3.05) is 0 Å². The van der Waals surface area contributed by atoms with Crippen molar-refractivity contribution in [1.82, 2.24) is 5.43 Å². The Labute approximate surface area is 142 Å². The molecule has 0 atom stereocenters. The third kappa shape index (κ3) is 4.84. The summed E-state index contributed by atoms with van der Waals surface area (Å²) in [5.74, 6) is 1.53. The summed E-state index contributed by atoms with van der Waals surface area (Å²) in [5.41, 5.74) is 9.37. The number of amides is 2. The molecule has 0 spiro atoms. The van der Waals surface area contributed by atoms with Crippen molar-refractivity contribution < 1.29 is 9.53 Å². The molecule has 126 valence electrons. The van der Waals surface area contributed by atoms with Crippen LogP contribution in [0.25, 0.3) is 0 Å². The van der Waals surface area contributed by atoms with Gasteiger partial charge in [-0.05, 0) is 59.4 Å². The van der Waals surface area contributed by atoms with E-state index in [9.17, 15) is 4.79 Å². The molecule has 0 saturated carbocycles. The fourth-order valence-electron chi connectivity index (χ4n) is 2.11. The number of benzene rings is 2. The summed E-state index contributed by atoms with van der Waals surface area (Å²) >= 11 is 0. The zero-order valence-electron chi connectivity index (χ0n) is 14.2. The summed E-state index contributed by atoms with van der Waals surface area (Å²) in [7, 11) is 0. The minimum absolute atomic E-state index is 0.165. The molecule has 0 aliphatic rings. The number of nitrogens with zero attached hydrogens (tertiary/aromatic N) is 1. The van der Waals surface area contributed by atoms with Crippen molar-refractivity contribution >= 4 is 12.2 Å². The van der Waals surface area contributed by atoms with Gasteiger partial charge < -0.3 is 10.5 Å². The molecule has 2 rings (SSSR count). The Bertz CT molecular complexity index is 704. The number of carbonyl (C=O) groups excluding carboxylic acids is 1. The SMILES string of the molecule is CCC(C)(C)c1ccc(Oc2ccc(/C=N\NC(N)=O)cc2)cc1. The highest BCUT2D eigenvalue weighted by atomic mass is 16.5. The Morgan fingerprint density at radius 2 is 1.67 bits per heavy atom. The zero-order chi connectivity index (χ0) is 17.6. The summed E-state index contributed by atoms with van der Waals surface area (Å²) in [6.45, 7) is 6.65. The molecule has 2 amide bonds. The van der Waals surface area contributed by atoms with Gasteiger partial charge in [-0.25, -0.2) is 10.2 Å². The average Bonchev–Trinajstić information content (AvgIpc) is 2.57. The quantitative estimate of drug-likeness (QED) is 0.618. The van der Waals surface area contributed by atoms with Crippen molar-refractivity contribution in [3.63, 3.8) is 0 Å². The average molecular weight is 325 g/mol. The molecule has 2 aromatic carbocycles. The number of hydrogen-bond acceptors (Lipinski definition) is 3. The second-order valence-electron chi connectivity index (χ2n) is 6.17. The van der Waals surface area contributed by atoms with Crippen LogP contribution in [0, 0.1) is 0 Å². The number of ether oxygens (including phenoxy) is 1. The second-order valence-corrected chi connectivity index (χ2v) is 6.17. The maximum Gasteiger partial charge on any atom is 0.332 e. The van der Waals surface area contributed by atoms with E-state index in [2.05, 4.69) is 43.4 Å². The molecule has 0 aliphatic carbocycles. The molecule has 0 bridgehead atoms. The molecule has 24 heavy (non-hydrogen) atoms. The van der Waals surface area contributed by atoms with E-state index in [1.807, 2.05) is 36.4 Å². The molecule has 0 fully saturated rings. The van der Waals surface area contributed by atoms with Crippen LogP contribution in [-0.4, -0.2) is 12.2 Å². The topological polar surface area (TPSA) is 76.7 Å². The van der Waals surface area contributed by atoms with Gasteiger partial charge in [0.05, 0.1) is 6.21 Å². The molecule has 0 radical (unpaired) electrons. The van der Waals surface area contributed by atoms with E-state index >= 15 is 0 Å². The van der Waals surface area contributed by atoms with Gasteiger partial charge >= 0.3 is 6.03 Å². The molecule has 3 N–H and O–H groups in total. The van der Waals surface area contributed by atoms with Crippen LogP contribution in [0.2, 0.25) is 0 Å². The number of primary amides is 1. The van der Waals surface area contributed by atoms with E-state index in [4.69, 9.17) is 10.5 Å². The van der Waals surface area contributed by atoms with E-state index in [1.165, 1.54) is 11.8 Å². The van der Waals surface area contributed by atoms with Gasteiger partial charge in [-0.1, -0.05) is 32.9 Å². The lowest BCUT2D eigenvalue weighted by atomic mass is 9.82. The van der Waals surface area contributed by atoms with Crippen LogP contribution < -0.4 is 15.9 Å². The highest BCUT2D eigenvalue weighted by molar-refractivity contribution is 5.81. The van der Waals surface area contributed by atoms with Gasteiger partial charge in [-0.15, -0.1) is 0 Å². The minimum atomic E-state index is -0.694. The highest BCUT2D eigenvalue weighted by Crippen LogP contribution is 2.29. The van der Waals surface area contributed by atoms with E-state index in [1.54, 1.807) is 0 Å². The number of nitrogens with two attached hydrogens (primary N) is 1. The summed E-state index contributed by atoms with van der Waals surface area (Å²) in [6, 6.07) is 14.9. The van der Waals surface area contributed by atoms with Crippen LogP contribution in [0.15, 0.2) is 53.6 Å². The Hall–Kier alpha value is -2.82. The molecule has 0 heterocycles. The summed E-state index contributed by atoms with van der Waals surface area (Å²) in [4.78, 5) is 10.5. The van der Waals surface area contributed by atoms with Gasteiger partial charge in [0.25, 0.3) is 0 Å². The number of nitrogens with one attached hydrogen (secondary N) is 1. The third-order valence-electron chi connectivity index (χ3n) is 4.02. The summed E-state index contributed by atoms with van der Waals surface area (Å²) < 4.78 is 5.84. The van der Waals surface area contributed by atoms with Gasteiger partial charge in [-0.2, -0.15) is 5.10 Å². The largest absolute Gasteiger partial charge is 0.457 e. The predicted molar refractivity (Wildman–Crippen MR) is 96.6 cm³/mol. The van der Waals surface area contributed by atoms with Gasteiger partial charge in [0.15, 0.2) is 0 Å². The van der Waals surface area contributed by atoms with Crippen LogP contribution >= 0.6 is 0 Å². The maximum absolute atomic E-state index is 10.5. The van der Waals surface area contributed by atoms with Gasteiger partial charge in [0, 0.05) is 0 Å². The van der Waals surface area contributed by atoms with Crippen molar-refractivity contribution in [3.8, 4) is 11.5 Å². The molecule has 2 aromatic rings. The van der Waals surface area contributed by atoms with Crippen molar-refractivity contribution in [1.29, 1.82) is 0 Å². The van der Waals surface area contributed by atoms with Gasteiger partial charge in [0.2, 0.25) is 0 Å². The number of hydrazone groups is 1. The van der Waals surface area contributed by atoms with Crippen LogP contribution in [0.5, 0.6) is 11.5 Å². The Morgan fingerprint density at radius 3 is 2.17 bits per heavy atom. The van der Waals surface area contributed by atoms with Gasteiger partial charge in [0.1, 0.15) is 11.5 Å². The molecule has 5 heteroatoms. The zero-order valence-corrected chi connectivity index (χ0v) is 14.2. The molecule has 0 unspecified atom stereocenters. The molecular formula is C19H23N3O2. The number of hydrogen-bond donors (Lipinski definition) is 2. The van der Waals surface area contributed by atoms with Crippen LogP contribution in [0.3, 0.4) is 0 Å². The normalized spacial score (nSPS) is 11.5. The smallest absolute Gasteiger partial charge is 0.332 e. The minimum Gasteiger partial charge on any atom is -0.457 e. The van der Waals surface area contributed by atoms with Crippen molar-refractivity contribution in [3.05, 3.63) is 59.7 Å². The first-order valence-electron chi connectivity index (χ1n) is 7.87. The number of urea groups is 1. The highest BCUT2D eigenvalue weighted by Gasteiger charge is 2.17. The first-order valence-corrected chi connectivity index (χ1v) is 7.87. The fourth-order valence-corrected chi connectivity index (χ4v) is 2.11. The lowest BCUT2D eigenvalue weighted by Crippen LogP contribution is -2.24. The summed E-state index contributed by atoms with van der Waals surface area (Å²) in [5, 5.41) is 3.71. The number of carbonyl (C=O) groups is 1. The maximum atomic E-state index is 10.5. The van der Waals surface area contributed by atoms with Crippen LogP contribution in [0.4, 0.5) is 4.79 Å². The molecule has 0 saturated heterocycles. The Balaban J connectivity index is 2.01. The van der Waals surface area contributed by atoms with E-state index in [0.717, 1.165) is 23.5 Å². The first kappa shape index (κ1) is 17.5.